The summed E-state index contributed by atoms with van der Waals surface area (Å²) in [5.74, 6) is 6.36. The van der Waals surface area contributed by atoms with Crippen molar-refractivity contribution in [3.63, 3.8) is 0 Å². The van der Waals surface area contributed by atoms with Gasteiger partial charge in [0.25, 0.3) is 0 Å². The number of nitrogens with one attached hydrogen (secondary N) is 2. The standard InChI is InChI=1S/C19H19N5/c1-2-4-16(5-3-1)24-18-15(7-6-14-10-20-13-21-11-14)12-23-19-17(18)8-9-22-19/h8-13,16H,1-5H2,(H2,22,23,24). The quantitative estimate of drug-likeness (QED) is 0.710. The molecule has 1 fully saturated rings. The molecule has 2 N–H and O–H groups in total. The number of pyridine rings is 1. The van der Waals surface area contributed by atoms with Crippen LogP contribution in [0, 0.1) is 11.8 Å². The van der Waals surface area contributed by atoms with Gasteiger partial charge in [0.2, 0.25) is 0 Å². The Morgan fingerprint density at radius 3 is 2.71 bits per heavy atom. The highest BCUT2D eigenvalue weighted by atomic mass is 14.9. The summed E-state index contributed by atoms with van der Waals surface area (Å²) in [5, 5.41) is 4.82. The van der Waals surface area contributed by atoms with Gasteiger partial charge in [0.1, 0.15) is 12.0 Å². The maximum Gasteiger partial charge on any atom is 0.139 e. The minimum absolute atomic E-state index is 0.514. The first-order chi connectivity index (χ1) is 11.9. The third kappa shape index (κ3) is 3.09. The highest BCUT2D eigenvalue weighted by Crippen LogP contribution is 2.29. The van der Waals surface area contributed by atoms with E-state index in [-0.39, 0.29) is 0 Å². The third-order valence-electron chi connectivity index (χ3n) is 4.44. The van der Waals surface area contributed by atoms with Crippen LogP contribution in [0.1, 0.15) is 43.2 Å². The van der Waals surface area contributed by atoms with Crippen molar-refractivity contribution in [3.8, 4) is 11.8 Å². The van der Waals surface area contributed by atoms with E-state index in [4.69, 9.17) is 0 Å². The predicted octanol–water partition coefficient (Wildman–Crippen LogP) is 3.50. The molecule has 0 saturated heterocycles. The Hall–Kier alpha value is -2.87. The summed E-state index contributed by atoms with van der Waals surface area (Å²) in [6.07, 6.45) is 15.1. The fourth-order valence-electron chi connectivity index (χ4n) is 3.21. The molecule has 3 heterocycles. The van der Waals surface area contributed by atoms with Crippen LogP contribution in [-0.2, 0) is 0 Å². The predicted molar refractivity (Wildman–Crippen MR) is 94.6 cm³/mol. The Kier molecular flexibility index (Phi) is 4.11. The lowest BCUT2D eigenvalue weighted by molar-refractivity contribution is 0.463. The fourth-order valence-corrected chi connectivity index (χ4v) is 3.21. The topological polar surface area (TPSA) is 66.5 Å². The molecule has 1 saturated carbocycles. The Morgan fingerprint density at radius 1 is 1.04 bits per heavy atom. The van der Waals surface area contributed by atoms with Crippen LogP contribution in [0.25, 0.3) is 11.0 Å². The number of hydrogen-bond acceptors (Lipinski definition) is 4. The summed E-state index contributed by atoms with van der Waals surface area (Å²) >= 11 is 0. The van der Waals surface area contributed by atoms with Crippen molar-refractivity contribution in [1.29, 1.82) is 0 Å². The molecule has 1 aliphatic rings. The number of aromatic amines is 1. The molecule has 0 aromatic carbocycles. The first-order valence-electron chi connectivity index (χ1n) is 8.40. The average molecular weight is 317 g/mol. The van der Waals surface area contributed by atoms with E-state index in [0.717, 1.165) is 27.8 Å². The second kappa shape index (κ2) is 6.71. The number of aromatic nitrogens is 4. The monoisotopic (exact) mass is 317 g/mol. The lowest BCUT2D eigenvalue weighted by Gasteiger charge is -2.24. The summed E-state index contributed by atoms with van der Waals surface area (Å²) < 4.78 is 0. The number of nitrogens with zero attached hydrogens (tertiary/aromatic N) is 3. The van der Waals surface area contributed by atoms with Gasteiger partial charge in [-0.05, 0) is 18.9 Å². The van der Waals surface area contributed by atoms with Gasteiger partial charge in [-0.15, -0.1) is 0 Å². The molecule has 5 nitrogen and oxygen atoms in total. The molecule has 0 amide bonds. The van der Waals surface area contributed by atoms with Gasteiger partial charge in [0.05, 0.1) is 16.8 Å². The van der Waals surface area contributed by atoms with Crippen molar-refractivity contribution in [3.05, 3.63) is 48.3 Å². The minimum atomic E-state index is 0.514. The number of rotatable bonds is 2. The van der Waals surface area contributed by atoms with E-state index in [1.54, 1.807) is 12.4 Å². The zero-order valence-corrected chi connectivity index (χ0v) is 13.4. The highest BCUT2D eigenvalue weighted by molar-refractivity contribution is 5.92. The molecule has 0 radical (unpaired) electrons. The molecule has 5 heteroatoms. The molecule has 0 atom stereocenters. The van der Waals surface area contributed by atoms with Crippen LogP contribution in [-0.4, -0.2) is 26.0 Å². The van der Waals surface area contributed by atoms with Crippen molar-refractivity contribution in [2.75, 3.05) is 5.32 Å². The molecule has 0 aliphatic heterocycles. The number of anilines is 1. The van der Waals surface area contributed by atoms with E-state index in [0.29, 0.717) is 6.04 Å². The van der Waals surface area contributed by atoms with Crippen LogP contribution in [0.4, 0.5) is 5.69 Å². The molecule has 3 aromatic heterocycles. The highest BCUT2D eigenvalue weighted by Gasteiger charge is 2.16. The second-order valence-corrected chi connectivity index (χ2v) is 6.14. The zero-order chi connectivity index (χ0) is 16.2. The van der Waals surface area contributed by atoms with Gasteiger partial charge in [-0.2, -0.15) is 0 Å². The summed E-state index contributed by atoms with van der Waals surface area (Å²) in [4.78, 5) is 15.7. The maximum atomic E-state index is 4.48. The van der Waals surface area contributed by atoms with Crippen LogP contribution in [0.3, 0.4) is 0 Å². The van der Waals surface area contributed by atoms with Crippen LogP contribution in [0.2, 0.25) is 0 Å². The Morgan fingerprint density at radius 2 is 1.88 bits per heavy atom. The molecule has 3 aromatic rings. The van der Waals surface area contributed by atoms with Crippen LogP contribution >= 0.6 is 0 Å². The van der Waals surface area contributed by atoms with Crippen molar-refractivity contribution in [1.82, 2.24) is 19.9 Å². The minimum Gasteiger partial charge on any atom is -0.381 e. The van der Waals surface area contributed by atoms with E-state index in [2.05, 4.69) is 43.2 Å². The van der Waals surface area contributed by atoms with E-state index < -0.39 is 0 Å². The average Bonchev–Trinajstić information content (AvgIpc) is 3.12. The number of H-pyrrole nitrogens is 1. The van der Waals surface area contributed by atoms with E-state index in [1.165, 1.54) is 38.4 Å². The molecular weight excluding hydrogens is 298 g/mol. The van der Waals surface area contributed by atoms with Crippen molar-refractivity contribution in [2.45, 2.75) is 38.1 Å². The van der Waals surface area contributed by atoms with Gasteiger partial charge in [-0.3, -0.25) is 0 Å². The Bertz CT molecular complexity index is 882. The normalized spacial score (nSPS) is 15.0. The van der Waals surface area contributed by atoms with Crippen LogP contribution < -0.4 is 5.32 Å². The lowest BCUT2D eigenvalue weighted by atomic mass is 9.95. The maximum absolute atomic E-state index is 4.48. The van der Waals surface area contributed by atoms with Crippen molar-refractivity contribution in [2.24, 2.45) is 0 Å². The Balaban J connectivity index is 1.71. The van der Waals surface area contributed by atoms with Gasteiger partial charge in [-0.25, -0.2) is 15.0 Å². The number of hydrogen-bond donors (Lipinski definition) is 2. The number of fused-ring (bicyclic) bond motifs is 1. The summed E-state index contributed by atoms with van der Waals surface area (Å²) in [6.45, 7) is 0. The first-order valence-corrected chi connectivity index (χ1v) is 8.40. The van der Waals surface area contributed by atoms with Gasteiger partial charge in [0.15, 0.2) is 0 Å². The molecule has 4 rings (SSSR count). The first kappa shape index (κ1) is 14.7. The summed E-state index contributed by atoms with van der Waals surface area (Å²) in [6, 6.07) is 2.57. The fraction of sp³-hybridized carbons (Fsp3) is 0.316. The van der Waals surface area contributed by atoms with Gasteiger partial charge >= 0.3 is 0 Å². The zero-order valence-electron chi connectivity index (χ0n) is 13.4. The second-order valence-electron chi connectivity index (χ2n) is 6.14. The van der Waals surface area contributed by atoms with E-state index >= 15 is 0 Å². The van der Waals surface area contributed by atoms with Crippen molar-refractivity contribution >= 4 is 16.7 Å². The molecule has 1 aliphatic carbocycles. The summed E-state index contributed by atoms with van der Waals surface area (Å²) in [7, 11) is 0. The molecule has 120 valence electrons. The molecule has 0 unspecified atom stereocenters. The third-order valence-corrected chi connectivity index (χ3v) is 4.44. The molecular formula is C19H19N5. The molecule has 24 heavy (non-hydrogen) atoms. The lowest BCUT2D eigenvalue weighted by Crippen LogP contribution is -2.22. The smallest absolute Gasteiger partial charge is 0.139 e. The summed E-state index contributed by atoms with van der Waals surface area (Å²) in [5.41, 5.74) is 3.69. The Labute approximate surface area is 141 Å². The van der Waals surface area contributed by atoms with E-state index in [9.17, 15) is 0 Å². The SMILES string of the molecule is C(#Cc1cnc2[nH]ccc2c1NC1CCCCC1)c1cncnc1. The van der Waals surface area contributed by atoms with E-state index in [1.807, 2.05) is 12.4 Å². The molecule has 0 bridgehead atoms. The van der Waals surface area contributed by atoms with Gasteiger partial charge in [-0.1, -0.05) is 31.1 Å². The largest absolute Gasteiger partial charge is 0.381 e. The van der Waals surface area contributed by atoms with Crippen LogP contribution in [0.5, 0.6) is 0 Å². The van der Waals surface area contributed by atoms with Crippen molar-refractivity contribution < 1.29 is 0 Å². The van der Waals surface area contributed by atoms with Crippen LogP contribution in [0.15, 0.2) is 37.2 Å². The molecule has 0 spiro atoms. The van der Waals surface area contributed by atoms with Gasteiger partial charge < -0.3 is 10.3 Å². The van der Waals surface area contributed by atoms with Gasteiger partial charge in [0, 0.05) is 36.2 Å².